The lowest BCUT2D eigenvalue weighted by atomic mass is 9.89. The van der Waals surface area contributed by atoms with Gasteiger partial charge in [-0.3, -0.25) is 9.59 Å². The van der Waals surface area contributed by atoms with E-state index in [2.05, 4.69) is 5.32 Å². The topological polar surface area (TPSA) is 54.3 Å². The SMILES string of the molecule is O=C(c1cn(C2CC2)c(=O)c(Cl)c1Nc1ccc(F)cc1F)N1CCC(c2ccc(F)cc2)CC1. The number of piperidine rings is 1. The minimum atomic E-state index is -0.869. The molecule has 1 saturated carbocycles. The summed E-state index contributed by atoms with van der Waals surface area (Å²) in [5.74, 6) is -2.03. The number of nitrogens with zero attached hydrogens (tertiary/aromatic N) is 2. The molecule has 2 fully saturated rings. The zero-order chi connectivity index (χ0) is 24.7. The van der Waals surface area contributed by atoms with Crippen molar-refractivity contribution in [1.82, 2.24) is 9.47 Å². The van der Waals surface area contributed by atoms with E-state index in [9.17, 15) is 22.8 Å². The van der Waals surface area contributed by atoms with Crippen LogP contribution in [0.2, 0.25) is 5.02 Å². The minimum Gasteiger partial charge on any atom is -0.351 e. The van der Waals surface area contributed by atoms with Gasteiger partial charge in [-0.05, 0) is 61.4 Å². The molecule has 1 saturated heterocycles. The molecular weight excluding hydrogens is 479 g/mol. The molecule has 2 aromatic carbocycles. The summed E-state index contributed by atoms with van der Waals surface area (Å²) in [7, 11) is 0. The van der Waals surface area contributed by atoms with Crippen LogP contribution in [0.1, 0.15) is 53.6 Å². The van der Waals surface area contributed by atoms with Gasteiger partial charge in [0.15, 0.2) is 0 Å². The number of carbonyl (C=O) groups excluding carboxylic acids is 1. The normalized spacial score (nSPS) is 16.4. The molecule has 0 radical (unpaired) electrons. The van der Waals surface area contributed by atoms with Crippen molar-refractivity contribution >= 4 is 28.9 Å². The second-order valence-electron chi connectivity index (χ2n) is 9.04. The van der Waals surface area contributed by atoms with E-state index in [1.807, 2.05) is 0 Å². The summed E-state index contributed by atoms with van der Waals surface area (Å²) in [6.45, 7) is 0.927. The van der Waals surface area contributed by atoms with Gasteiger partial charge in [-0.15, -0.1) is 0 Å². The van der Waals surface area contributed by atoms with Crippen LogP contribution in [0.3, 0.4) is 0 Å². The second kappa shape index (κ2) is 9.41. The van der Waals surface area contributed by atoms with Gasteiger partial charge < -0.3 is 14.8 Å². The Bertz CT molecular complexity index is 1330. The average molecular weight is 502 g/mol. The van der Waals surface area contributed by atoms with E-state index < -0.39 is 17.2 Å². The fraction of sp³-hybridized carbons (Fsp3) is 0.308. The molecule has 0 bridgehead atoms. The lowest BCUT2D eigenvalue weighted by molar-refractivity contribution is 0.0713. The largest absolute Gasteiger partial charge is 0.351 e. The first-order valence-electron chi connectivity index (χ1n) is 11.5. The predicted molar refractivity (Wildman–Crippen MR) is 128 cm³/mol. The first kappa shape index (κ1) is 23.5. The Morgan fingerprint density at radius 1 is 0.943 bits per heavy atom. The Balaban J connectivity index is 1.44. The molecule has 1 aromatic heterocycles. The highest BCUT2D eigenvalue weighted by molar-refractivity contribution is 6.34. The number of halogens is 4. The zero-order valence-electron chi connectivity index (χ0n) is 18.7. The summed E-state index contributed by atoms with van der Waals surface area (Å²) in [6.07, 6.45) is 4.51. The number of hydrogen-bond donors (Lipinski definition) is 1. The molecule has 1 N–H and O–H groups in total. The number of aromatic nitrogens is 1. The van der Waals surface area contributed by atoms with Crippen molar-refractivity contribution in [3.8, 4) is 0 Å². The lowest BCUT2D eigenvalue weighted by Crippen LogP contribution is -2.39. The standard InChI is InChI=1S/C26H23ClF3N3O2/c27-23-24(31-22-8-5-18(29)13-21(22)30)20(14-33(26(23)35)19-6-7-19)25(34)32-11-9-16(10-12-32)15-1-3-17(28)4-2-15/h1-5,8,13-14,16,19,31H,6-7,9-12H2. The maximum absolute atomic E-state index is 14.4. The molecule has 2 heterocycles. The second-order valence-corrected chi connectivity index (χ2v) is 9.42. The fourth-order valence-electron chi connectivity index (χ4n) is 4.56. The van der Waals surface area contributed by atoms with Gasteiger partial charge >= 0.3 is 0 Å². The minimum absolute atomic E-state index is 0.00438. The smallest absolute Gasteiger partial charge is 0.271 e. The Morgan fingerprint density at radius 3 is 2.23 bits per heavy atom. The molecule has 1 aliphatic heterocycles. The van der Waals surface area contributed by atoms with Crippen LogP contribution in [0.5, 0.6) is 0 Å². The molecule has 9 heteroatoms. The van der Waals surface area contributed by atoms with Crippen LogP contribution in [0.25, 0.3) is 0 Å². The molecule has 5 nitrogen and oxygen atoms in total. The van der Waals surface area contributed by atoms with Gasteiger partial charge in [-0.1, -0.05) is 23.7 Å². The quantitative estimate of drug-likeness (QED) is 0.465. The first-order chi connectivity index (χ1) is 16.8. The predicted octanol–water partition coefficient (Wildman–Crippen LogP) is 6.02. The number of likely N-dealkylation sites (tertiary alicyclic amines) is 1. The molecule has 0 atom stereocenters. The summed E-state index contributed by atoms with van der Waals surface area (Å²) < 4.78 is 42.5. The van der Waals surface area contributed by atoms with Crippen LogP contribution in [0.15, 0.2) is 53.5 Å². The Labute approximate surface area is 205 Å². The Morgan fingerprint density at radius 2 is 1.60 bits per heavy atom. The molecule has 35 heavy (non-hydrogen) atoms. The Kier molecular flexibility index (Phi) is 6.32. The molecule has 0 spiro atoms. The number of pyridine rings is 1. The van der Waals surface area contributed by atoms with E-state index >= 15 is 0 Å². The Hall–Kier alpha value is -3.26. The highest BCUT2D eigenvalue weighted by Crippen LogP contribution is 2.37. The van der Waals surface area contributed by atoms with E-state index in [1.165, 1.54) is 29.0 Å². The van der Waals surface area contributed by atoms with Crippen molar-refractivity contribution < 1.29 is 18.0 Å². The molecule has 1 aliphatic carbocycles. The maximum Gasteiger partial charge on any atom is 0.271 e. The number of carbonyl (C=O) groups is 1. The molecule has 2 aliphatic rings. The summed E-state index contributed by atoms with van der Waals surface area (Å²) in [4.78, 5) is 28.1. The number of benzene rings is 2. The number of anilines is 2. The molecule has 182 valence electrons. The van der Waals surface area contributed by atoms with Gasteiger partial charge in [-0.2, -0.15) is 0 Å². The van der Waals surface area contributed by atoms with E-state index in [-0.39, 0.29) is 45.6 Å². The number of rotatable bonds is 5. The summed E-state index contributed by atoms with van der Waals surface area (Å²) in [5, 5.41) is 2.54. The molecular formula is C26H23ClF3N3O2. The van der Waals surface area contributed by atoms with Crippen molar-refractivity contribution in [3.05, 3.63) is 92.6 Å². The van der Waals surface area contributed by atoms with Crippen molar-refractivity contribution in [2.24, 2.45) is 0 Å². The van der Waals surface area contributed by atoms with Crippen molar-refractivity contribution in [3.63, 3.8) is 0 Å². The third kappa shape index (κ3) is 4.80. The van der Waals surface area contributed by atoms with Crippen molar-refractivity contribution in [1.29, 1.82) is 0 Å². The van der Waals surface area contributed by atoms with Gasteiger partial charge in [-0.25, -0.2) is 13.2 Å². The highest BCUT2D eigenvalue weighted by atomic mass is 35.5. The summed E-state index contributed by atoms with van der Waals surface area (Å²) in [5.41, 5.74) is 0.625. The lowest BCUT2D eigenvalue weighted by Gasteiger charge is -2.33. The number of hydrogen-bond acceptors (Lipinski definition) is 3. The average Bonchev–Trinajstić information content (AvgIpc) is 3.69. The van der Waals surface area contributed by atoms with E-state index in [1.54, 1.807) is 17.0 Å². The van der Waals surface area contributed by atoms with E-state index in [0.29, 0.717) is 32.0 Å². The van der Waals surface area contributed by atoms with E-state index in [4.69, 9.17) is 11.6 Å². The van der Waals surface area contributed by atoms with Crippen molar-refractivity contribution in [2.45, 2.75) is 37.6 Å². The molecule has 0 unspecified atom stereocenters. The van der Waals surface area contributed by atoms with E-state index in [0.717, 1.165) is 24.5 Å². The van der Waals surface area contributed by atoms with Crippen LogP contribution in [0, 0.1) is 17.5 Å². The third-order valence-corrected chi connectivity index (χ3v) is 7.01. The first-order valence-corrected chi connectivity index (χ1v) is 11.9. The van der Waals surface area contributed by atoms with Gasteiger partial charge in [0, 0.05) is 31.4 Å². The van der Waals surface area contributed by atoms with Crippen molar-refractivity contribution in [2.75, 3.05) is 18.4 Å². The van der Waals surface area contributed by atoms with Gasteiger partial charge in [0.2, 0.25) is 0 Å². The van der Waals surface area contributed by atoms with Gasteiger partial charge in [0.1, 0.15) is 22.5 Å². The third-order valence-electron chi connectivity index (χ3n) is 6.66. The van der Waals surface area contributed by atoms with Crippen LogP contribution >= 0.6 is 11.6 Å². The molecule has 5 rings (SSSR count). The summed E-state index contributed by atoms with van der Waals surface area (Å²) >= 11 is 6.41. The van der Waals surface area contributed by atoms with Crippen LogP contribution in [0.4, 0.5) is 24.5 Å². The number of amides is 1. The highest BCUT2D eigenvalue weighted by Gasteiger charge is 2.32. The van der Waals surface area contributed by atoms with Gasteiger partial charge in [0.05, 0.1) is 16.9 Å². The maximum atomic E-state index is 14.4. The van der Waals surface area contributed by atoms with Crippen LogP contribution in [-0.4, -0.2) is 28.5 Å². The summed E-state index contributed by atoms with van der Waals surface area (Å²) in [6, 6.07) is 9.35. The monoisotopic (exact) mass is 501 g/mol. The van der Waals surface area contributed by atoms with Crippen LogP contribution < -0.4 is 10.9 Å². The molecule has 1 amide bonds. The fourth-order valence-corrected chi connectivity index (χ4v) is 4.80. The van der Waals surface area contributed by atoms with Crippen LogP contribution in [-0.2, 0) is 0 Å². The molecule has 3 aromatic rings. The number of nitrogens with one attached hydrogen (secondary N) is 1. The van der Waals surface area contributed by atoms with Gasteiger partial charge in [0.25, 0.3) is 11.5 Å². The zero-order valence-corrected chi connectivity index (χ0v) is 19.5.